The van der Waals surface area contributed by atoms with E-state index < -0.39 is 11.6 Å². The predicted molar refractivity (Wildman–Crippen MR) is 217 cm³/mol. The van der Waals surface area contributed by atoms with Gasteiger partial charge in [0.25, 0.3) is 6.47 Å². The molecule has 12 heteroatoms. The molecule has 2 aromatic carbocycles. The van der Waals surface area contributed by atoms with E-state index in [0.717, 1.165) is 96.6 Å². The Hall–Kier alpha value is -4.48. The lowest BCUT2D eigenvalue weighted by atomic mass is 9.80. The van der Waals surface area contributed by atoms with Crippen molar-refractivity contribution in [3.63, 3.8) is 0 Å². The van der Waals surface area contributed by atoms with Crippen LogP contribution in [0.1, 0.15) is 143 Å². The molecule has 58 heavy (non-hydrogen) atoms. The van der Waals surface area contributed by atoms with Crippen LogP contribution >= 0.6 is 0 Å². The van der Waals surface area contributed by atoms with Crippen molar-refractivity contribution < 1.29 is 57.4 Å². The lowest BCUT2D eigenvalue weighted by Crippen LogP contribution is -2.40. The zero-order valence-electron chi connectivity index (χ0n) is 36.3. The first-order valence-electron chi connectivity index (χ1n) is 20.8. The van der Waals surface area contributed by atoms with Gasteiger partial charge < -0.3 is 38.3 Å². The molecule has 4 aliphatic heterocycles. The number of ether oxygens (including phenoxy) is 7. The van der Waals surface area contributed by atoms with Crippen molar-refractivity contribution >= 4 is 24.4 Å². The molecule has 0 saturated carbocycles. The summed E-state index contributed by atoms with van der Waals surface area (Å²) in [5.41, 5.74) is 7.63. The lowest BCUT2D eigenvalue weighted by molar-refractivity contribution is -0.142. The fourth-order valence-electron chi connectivity index (χ4n) is 8.83. The number of hydrogen-bond donors (Lipinski definition) is 1. The Morgan fingerprint density at radius 1 is 0.552 bits per heavy atom. The van der Waals surface area contributed by atoms with Crippen LogP contribution in [-0.2, 0) is 59.1 Å². The first-order valence-corrected chi connectivity index (χ1v) is 20.8. The van der Waals surface area contributed by atoms with Crippen LogP contribution in [0.25, 0.3) is 0 Å². The number of aliphatic carboxylic acids is 1. The van der Waals surface area contributed by atoms with Gasteiger partial charge in [0.1, 0.15) is 45.4 Å². The van der Waals surface area contributed by atoms with E-state index >= 15 is 0 Å². The number of esters is 2. The number of carboxylic acids is 1. The molecule has 4 heterocycles. The van der Waals surface area contributed by atoms with Gasteiger partial charge in [-0.05, 0) is 148 Å². The molecule has 0 aliphatic carbocycles. The van der Waals surface area contributed by atoms with E-state index in [0.29, 0.717) is 51.6 Å². The molecule has 0 saturated heterocycles. The summed E-state index contributed by atoms with van der Waals surface area (Å²) < 4.78 is 40.3. The Balaban J connectivity index is 0.000000221. The molecule has 2 aromatic rings. The van der Waals surface area contributed by atoms with Crippen LogP contribution in [0.2, 0.25) is 0 Å². The summed E-state index contributed by atoms with van der Waals surface area (Å²) in [6, 6.07) is 0. The van der Waals surface area contributed by atoms with Gasteiger partial charge in [-0.1, -0.05) is 0 Å². The van der Waals surface area contributed by atoms with Crippen molar-refractivity contribution in [1.82, 2.24) is 0 Å². The molecule has 0 spiro atoms. The van der Waals surface area contributed by atoms with Gasteiger partial charge in [0.2, 0.25) is 0 Å². The van der Waals surface area contributed by atoms with Crippen LogP contribution in [-0.4, -0.2) is 72.7 Å². The van der Waals surface area contributed by atoms with Gasteiger partial charge in [-0.3, -0.25) is 19.2 Å². The molecule has 6 rings (SSSR count). The van der Waals surface area contributed by atoms with Crippen molar-refractivity contribution in [2.45, 2.75) is 174 Å². The van der Waals surface area contributed by atoms with E-state index in [4.69, 9.17) is 38.3 Å². The molecule has 12 nitrogen and oxygen atoms in total. The maximum Gasteiger partial charge on any atom is 0.305 e. The highest BCUT2D eigenvalue weighted by Gasteiger charge is 2.42. The third-order valence-electron chi connectivity index (χ3n) is 13.2. The number of carbonyl (C=O) groups excluding carboxylic acids is 3. The van der Waals surface area contributed by atoms with Crippen molar-refractivity contribution in [3.05, 3.63) is 44.5 Å². The van der Waals surface area contributed by atoms with Crippen LogP contribution in [0.15, 0.2) is 0 Å². The van der Waals surface area contributed by atoms with E-state index in [1.807, 2.05) is 13.8 Å². The SMILES string of the molecule is COC(=O)CCC1(C)CCc2c3c(c(C)c(C)c2O1)OC(C)(CCC(=O)OC)CC3.Cc1c(C)c2c(c3c1OC(C)(CCOC=O)CC3)CCC(C)(CCC(=O)O)O2. The predicted octanol–water partition coefficient (Wildman–Crippen LogP) is 8.28. The standard InChI is InChI=1S/C24H34O6.C22H30O6/c1-15-16(2)22-18(8-12-24(4,30-22)14-10-20(26)28-6)17-7-11-23(3,29-21(15)17)13-9-19(25)27-5;1-14-15(2)20-17(6-9-22(4,28-20)11-12-26-13-23)16-5-8-21(3,27-19(14)16)10-7-18(24)25/h7-14H2,1-6H3;13H,5-12H2,1-4H3,(H,24,25). The van der Waals surface area contributed by atoms with Gasteiger partial charge in [-0.2, -0.15) is 0 Å². The average Bonchev–Trinajstić information content (AvgIpc) is 3.20. The highest BCUT2D eigenvalue weighted by molar-refractivity contribution is 5.70. The Morgan fingerprint density at radius 2 is 0.845 bits per heavy atom. The van der Waals surface area contributed by atoms with Crippen molar-refractivity contribution in [2.75, 3.05) is 20.8 Å². The summed E-state index contributed by atoms with van der Waals surface area (Å²) in [5.74, 6) is 2.55. The number of methoxy groups -OCH3 is 2. The van der Waals surface area contributed by atoms with Crippen molar-refractivity contribution in [1.29, 1.82) is 0 Å². The first kappa shape index (κ1) is 44.6. The molecular formula is C46H64O12. The Kier molecular flexibility index (Phi) is 13.7. The van der Waals surface area contributed by atoms with Gasteiger partial charge >= 0.3 is 17.9 Å². The monoisotopic (exact) mass is 808 g/mol. The normalized spacial score (nSPS) is 25.2. The average molecular weight is 809 g/mol. The number of carboxylic acid groups (broad SMARTS) is 1. The zero-order valence-corrected chi connectivity index (χ0v) is 36.3. The third-order valence-corrected chi connectivity index (χ3v) is 13.2. The van der Waals surface area contributed by atoms with Crippen LogP contribution in [0.4, 0.5) is 0 Å². The summed E-state index contributed by atoms with van der Waals surface area (Å²) >= 11 is 0. The van der Waals surface area contributed by atoms with Crippen LogP contribution in [0, 0.1) is 27.7 Å². The smallest absolute Gasteiger partial charge is 0.305 e. The highest BCUT2D eigenvalue weighted by Crippen LogP contribution is 2.50. The van der Waals surface area contributed by atoms with E-state index in [1.165, 1.54) is 36.5 Å². The highest BCUT2D eigenvalue weighted by atomic mass is 16.5. The maximum absolute atomic E-state index is 11.6. The number of rotatable bonds is 13. The number of benzene rings is 2. The Bertz CT molecular complexity index is 1830. The van der Waals surface area contributed by atoms with Crippen molar-refractivity contribution in [2.24, 2.45) is 0 Å². The molecule has 4 aliphatic rings. The topological polar surface area (TPSA) is 153 Å². The molecule has 4 atom stereocenters. The molecule has 0 fully saturated rings. The second-order valence-electron chi connectivity index (χ2n) is 17.7. The molecule has 0 bridgehead atoms. The van der Waals surface area contributed by atoms with Crippen LogP contribution in [0.3, 0.4) is 0 Å². The molecule has 320 valence electrons. The minimum absolute atomic E-state index is 0.110. The third kappa shape index (κ3) is 9.85. The zero-order chi connectivity index (χ0) is 42.6. The summed E-state index contributed by atoms with van der Waals surface area (Å²) in [6.07, 6.45) is 10.2. The Labute approximate surface area is 343 Å². The van der Waals surface area contributed by atoms with Gasteiger partial charge in [-0.15, -0.1) is 0 Å². The van der Waals surface area contributed by atoms with E-state index in [2.05, 4.69) is 41.5 Å². The largest absolute Gasteiger partial charge is 0.487 e. The first-order chi connectivity index (χ1) is 27.3. The molecular weight excluding hydrogens is 744 g/mol. The fourth-order valence-corrected chi connectivity index (χ4v) is 8.83. The molecule has 1 N–H and O–H groups in total. The Morgan fingerprint density at radius 3 is 1.12 bits per heavy atom. The maximum atomic E-state index is 11.6. The van der Waals surface area contributed by atoms with Crippen LogP contribution < -0.4 is 18.9 Å². The minimum Gasteiger partial charge on any atom is -0.487 e. The van der Waals surface area contributed by atoms with Gasteiger partial charge in [0.15, 0.2) is 0 Å². The number of hydrogen-bond acceptors (Lipinski definition) is 11. The lowest BCUT2D eigenvalue weighted by Gasteiger charge is -2.42. The molecule has 0 radical (unpaired) electrons. The fraction of sp³-hybridized carbons (Fsp3) is 0.652. The quantitative estimate of drug-likeness (QED) is 0.0897. The van der Waals surface area contributed by atoms with Crippen LogP contribution in [0.5, 0.6) is 23.0 Å². The minimum atomic E-state index is -0.791. The molecule has 0 aromatic heterocycles. The second kappa shape index (κ2) is 17.8. The summed E-state index contributed by atoms with van der Waals surface area (Å²) in [6.45, 7) is 17.3. The van der Waals surface area contributed by atoms with E-state index in [9.17, 15) is 19.2 Å². The number of fused-ring (bicyclic) bond motifs is 6. The second-order valence-corrected chi connectivity index (χ2v) is 17.7. The molecule has 0 amide bonds. The summed E-state index contributed by atoms with van der Waals surface area (Å²) in [5, 5.41) is 9.04. The summed E-state index contributed by atoms with van der Waals surface area (Å²) in [7, 11) is 2.83. The number of carbonyl (C=O) groups is 4. The summed E-state index contributed by atoms with van der Waals surface area (Å²) in [4.78, 5) is 44.6. The van der Waals surface area contributed by atoms with Gasteiger partial charge in [0.05, 0.1) is 20.8 Å². The van der Waals surface area contributed by atoms with Gasteiger partial charge in [-0.25, -0.2) is 0 Å². The van der Waals surface area contributed by atoms with E-state index in [1.54, 1.807) is 0 Å². The molecule has 4 unspecified atom stereocenters. The van der Waals surface area contributed by atoms with Gasteiger partial charge in [0, 0.05) is 47.9 Å². The van der Waals surface area contributed by atoms with Crippen molar-refractivity contribution in [3.8, 4) is 23.0 Å². The van der Waals surface area contributed by atoms with E-state index in [-0.39, 0.29) is 35.2 Å².